The summed E-state index contributed by atoms with van der Waals surface area (Å²) in [4.78, 5) is 21.2. The topological polar surface area (TPSA) is 49.4 Å². The first-order valence-corrected chi connectivity index (χ1v) is 15.4. The Kier molecular flexibility index (Phi) is 8.09. The van der Waals surface area contributed by atoms with Crippen molar-refractivity contribution < 1.29 is 0 Å². The van der Waals surface area contributed by atoms with Gasteiger partial charge in [-0.3, -0.25) is 0 Å². The van der Waals surface area contributed by atoms with Crippen LogP contribution in [0.1, 0.15) is 62.3 Å². The molecular weight excluding hydrogens is 545 g/mol. The lowest BCUT2D eigenvalue weighted by Crippen LogP contribution is -2.36. The molecule has 2 aliphatic rings. The molecule has 0 spiro atoms. The van der Waals surface area contributed by atoms with Crippen molar-refractivity contribution in [1.29, 1.82) is 0 Å². The summed E-state index contributed by atoms with van der Waals surface area (Å²) in [6.07, 6.45) is 3.61. The average Bonchev–Trinajstić information content (AvgIpc) is 3.54. The molecule has 0 aliphatic heterocycles. The van der Waals surface area contributed by atoms with E-state index in [-0.39, 0.29) is 10.8 Å². The number of rotatable bonds is 4. The maximum absolute atomic E-state index is 5.78. The highest BCUT2D eigenvalue weighted by Gasteiger charge is 2.57. The Hall–Kier alpha value is -4.35. The van der Waals surface area contributed by atoms with Crippen LogP contribution in [-0.2, 0) is 0 Å². The van der Waals surface area contributed by atoms with Crippen molar-refractivity contribution in [2.45, 2.75) is 40.0 Å². The summed E-state index contributed by atoms with van der Waals surface area (Å²) in [7, 11) is 0. The van der Waals surface area contributed by atoms with E-state index in [4.69, 9.17) is 32.2 Å². The van der Waals surface area contributed by atoms with Gasteiger partial charge in [-0.25, -0.2) is 20.0 Å². The highest BCUT2D eigenvalue weighted by molar-refractivity contribution is 7.80. The summed E-state index contributed by atoms with van der Waals surface area (Å²) in [6.45, 7) is 7.07. The Morgan fingerprint density at radius 1 is 0.581 bits per heavy atom. The van der Waals surface area contributed by atoms with Crippen molar-refractivity contribution in [2.24, 2.45) is 36.7 Å². The van der Waals surface area contributed by atoms with Crippen LogP contribution in [0.25, 0.3) is 0 Å². The fourth-order valence-corrected chi connectivity index (χ4v) is 6.82. The van der Waals surface area contributed by atoms with Crippen molar-refractivity contribution in [3.8, 4) is 0 Å². The fourth-order valence-electron chi connectivity index (χ4n) is 6.59. The lowest BCUT2D eigenvalue weighted by molar-refractivity contribution is 0.333. The molecule has 5 heteroatoms. The van der Waals surface area contributed by atoms with E-state index in [9.17, 15) is 0 Å². The molecule has 2 aliphatic carbocycles. The third-order valence-corrected chi connectivity index (χ3v) is 9.24. The third-order valence-electron chi connectivity index (χ3n) is 8.91. The number of hydrogen-bond donors (Lipinski definition) is 0. The number of thiocarbonyl (C=S) groups is 1. The van der Waals surface area contributed by atoms with E-state index in [2.05, 4.69) is 32.9 Å². The molecule has 0 heterocycles. The molecule has 4 nitrogen and oxygen atoms in total. The Morgan fingerprint density at radius 3 is 1.47 bits per heavy atom. The van der Waals surface area contributed by atoms with Crippen molar-refractivity contribution in [1.82, 2.24) is 0 Å². The second-order valence-electron chi connectivity index (χ2n) is 12.3. The SMILES string of the molecule is CC1(C)C(=NC(=NC(=NC(=NC(=S)c2ccccc2)c2ccccc2)c2ccccc2)c2ccccc2)[C@]2(C)CC[C@H]1C2. The van der Waals surface area contributed by atoms with Gasteiger partial charge in [0.1, 0.15) is 4.99 Å². The molecule has 4 aromatic carbocycles. The van der Waals surface area contributed by atoms with Gasteiger partial charge in [-0.1, -0.05) is 154 Å². The molecular formula is C38H36N4S. The number of nitrogens with zero attached hydrogens (tertiary/aromatic N) is 4. The predicted octanol–water partition coefficient (Wildman–Crippen LogP) is 8.99. The van der Waals surface area contributed by atoms with Crippen LogP contribution in [0.5, 0.6) is 0 Å². The van der Waals surface area contributed by atoms with Gasteiger partial charge in [-0.2, -0.15) is 0 Å². The molecule has 2 atom stereocenters. The lowest BCUT2D eigenvalue weighted by Gasteiger charge is -2.35. The first kappa shape index (κ1) is 28.8. The summed E-state index contributed by atoms with van der Waals surface area (Å²) in [6, 6.07) is 40.1. The molecule has 43 heavy (non-hydrogen) atoms. The number of aliphatic imine (C=N–C) groups is 4. The molecule has 214 valence electrons. The Bertz CT molecular complexity index is 1720. The van der Waals surface area contributed by atoms with Gasteiger partial charge in [0, 0.05) is 38.8 Å². The van der Waals surface area contributed by atoms with E-state index < -0.39 is 0 Å². The average molecular weight is 581 g/mol. The molecule has 0 amide bonds. The summed E-state index contributed by atoms with van der Waals surface area (Å²) in [5.74, 6) is 2.35. The van der Waals surface area contributed by atoms with Crippen LogP contribution in [0.2, 0.25) is 0 Å². The summed E-state index contributed by atoms with van der Waals surface area (Å²) in [5, 5.41) is 0. The van der Waals surface area contributed by atoms with Crippen LogP contribution < -0.4 is 0 Å². The minimum atomic E-state index is 0.0190. The lowest BCUT2D eigenvalue weighted by atomic mass is 9.71. The summed E-state index contributed by atoms with van der Waals surface area (Å²) >= 11 is 5.78. The van der Waals surface area contributed by atoms with Gasteiger partial charge >= 0.3 is 0 Å². The molecule has 0 N–H and O–H groups in total. The number of benzene rings is 4. The van der Waals surface area contributed by atoms with Gasteiger partial charge in [-0.15, -0.1) is 0 Å². The molecule has 0 unspecified atom stereocenters. The normalized spacial score (nSPS) is 22.6. The van der Waals surface area contributed by atoms with Crippen molar-refractivity contribution >= 4 is 40.4 Å². The standard InChI is InChI=1S/C38H36N4S/c1-37(2)31-24-25-38(3,26-31)36(37)42-34(29-20-12-6-13-21-29)40-32(27-16-8-4-9-17-27)39-33(28-18-10-5-11-19-28)41-35(43)30-22-14-7-15-23-30/h4-23,31H,24-26H2,1-3H3/t31-,38+/m0/s1. The minimum absolute atomic E-state index is 0.0190. The first-order chi connectivity index (χ1) is 20.8. The smallest absolute Gasteiger partial charge is 0.164 e. The van der Waals surface area contributed by atoms with Crippen LogP contribution in [0.3, 0.4) is 0 Å². The second-order valence-corrected chi connectivity index (χ2v) is 12.6. The zero-order valence-corrected chi connectivity index (χ0v) is 25.8. The van der Waals surface area contributed by atoms with Crippen LogP contribution in [0, 0.1) is 16.7 Å². The number of fused-ring (bicyclic) bond motifs is 2. The highest BCUT2D eigenvalue weighted by Crippen LogP contribution is 2.60. The van der Waals surface area contributed by atoms with Crippen molar-refractivity contribution in [2.75, 3.05) is 0 Å². The van der Waals surface area contributed by atoms with Crippen molar-refractivity contribution in [3.05, 3.63) is 144 Å². The Labute approximate surface area is 260 Å². The monoisotopic (exact) mass is 580 g/mol. The van der Waals surface area contributed by atoms with E-state index >= 15 is 0 Å². The summed E-state index contributed by atoms with van der Waals surface area (Å²) < 4.78 is 0. The minimum Gasteiger partial charge on any atom is -0.236 e. The third kappa shape index (κ3) is 6.09. The van der Waals surface area contributed by atoms with Crippen LogP contribution >= 0.6 is 12.2 Å². The van der Waals surface area contributed by atoms with E-state index in [1.165, 1.54) is 25.0 Å². The fraction of sp³-hybridized carbons (Fsp3) is 0.237. The van der Waals surface area contributed by atoms with Gasteiger partial charge in [0.15, 0.2) is 17.5 Å². The van der Waals surface area contributed by atoms with Crippen LogP contribution in [0.4, 0.5) is 0 Å². The molecule has 0 saturated heterocycles. The zero-order valence-electron chi connectivity index (χ0n) is 24.9. The van der Waals surface area contributed by atoms with Gasteiger partial charge < -0.3 is 0 Å². The molecule has 4 aromatic rings. The second kappa shape index (κ2) is 12.1. The zero-order chi connectivity index (χ0) is 29.9. The van der Waals surface area contributed by atoms with Crippen LogP contribution in [0.15, 0.2) is 141 Å². The Balaban J connectivity index is 1.56. The van der Waals surface area contributed by atoms with E-state index in [1.807, 2.05) is 109 Å². The van der Waals surface area contributed by atoms with E-state index in [0.29, 0.717) is 28.4 Å². The highest BCUT2D eigenvalue weighted by atomic mass is 32.1. The largest absolute Gasteiger partial charge is 0.236 e. The maximum Gasteiger partial charge on any atom is 0.164 e. The molecule has 0 aromatic heterocycles. The van der Waals surface area contributed by atoms with E-state index in [1.54, 1.807) is 0 Å². The predicted molar refractivity (Wildman–Crippen MR) is 184 cm³/mol. The quantitative estimate of drug-likeness (QED) is 0.135. The van der Waals surface area contributed by atoms with E-state index in [0.717, 1.165) is 22.3 Å². The Morgan fingerprint density at radius 2 is 1.00 bits per heavy atom. The van der Waals surface area contributed by atoms with Gasteiger partial charge in [-0.05, 0) is 25.2 Å². The molecule has 0 radical (unpaired) electrons. The number of hydrogen-bond acceptors (Lipinski definition) is 1. The van der Waals surface area contributed by atoms with Crippen molar-refractivity contribution in [3.63, 3.8) is 0 Å². The number of amidine groups is 3. The molecule has 2 bridgehead atoms. The first-order valence-electron chi connectivity index (χ1n) is 14.9. The van der Waals surface area contributed by atoms with Gasteiger partial charge in [0.25, 0.3) is 0 Å². The molecule has 2 fully saturated rings. The molecule has 2 saturated carbocycles. The van der Waals surface area contributed by atoms with Gasteiger partial charge in [0.2, 0.25) is 0 Å². The molecule has 6 rings (SSSR count). The van der Waals surface area contributed by atoms with Crippen LogP contribution in [-0.4, -0.2) is 28.2 Å². The van der Waals surface area contributed by atoms with Gasteiger partial charge in [0.05, 0.1) is 0 Å². The maximum atomic E-state index is 5.78. The summed E-state index contributed by atoms with van der Waals surface area (Å²) in [5.41, 5.74) is 4.92.